The van der Waals surface area contributed by atoms with Crippen LogP contribution in [0.5, 0.6) is 0 Å². The highest BCUT2D eigenvalue weighted by Crippen LogP contribution is 2.11. The Bertz CT molecular complexity index is 624. The van der Waals surface area contributed by atoms with Gasteiger partial charge in [0.15, 0.2) is 0 Å². The molecule has 0 aromatic heterocycles. The molecular weight excluding hydrogens is 254 g/mol. The van der Waals surface area contributed by atoms with Crippen LogP contribution in [0.15, 0.2) is 59.6 Å². The van der Waals surface area contributed by atoms with Crippen LogP contribution >= 0.6 is 0 Å². The summed E-state index contributed by atoms with van der Waals surface area (Å²) < 4.78 is 5.22. The first-order chi connectivity index (χ1) is 9.69. The van der Waals surface area contributed by atoms with Crippen molar-refractivity contribution in [2.24, 2.45) is 4.99 Å². The van der Waals surface area contributed by atoms with E-state index in [2.05, 4.69) is 4.99 Å². The number of hydroxylamine groups is 1. The second kappa shape index (κ2) is 6.49. The number of nitrogens with zero attached hydrogens (tertiary/aromatic N) is 1. The van der Waals surface area contributed by atoms with Crippen LogP contribution in [0.1, 0.15) is 11.1 Å². The Morgan fingerprint density at radius 3 is 2.55 bits per heavy atom. The van der Waals surface area contributed by atoms with Crippen LogP contribution in [0.3, 0.4) is 0 Å². The van der Waals surface area contributed by atoms with Gasteiger partial charge in [-0.15, -0.1) is 0 Å². The molecule has 2 aromatic rings. The van der Waals surface area contributed by atoms with Crippen molar-refractivity contribution < 1.29 is 9.94 Å². The molecule has 0 aliphatic carbocycles. The summed E-state index contributed by atoms with van der Waals surface area (Å²) in [6.07, 6.45) is 0. The van der Waals surface area contributed by atoms with E-state index in [1.165, 1.54) is 0 Å². The summed E-state index contributed by atoms with van der Waals surface area (Å²) in [4.78, 5) is 4.06. The van der Waals surface area contributed by atoms with Gasteiger partial charge in [-0.1, -0.05) is 35.9 Å². The van der Waals surface area contributed by atoms with E-state index in [9.17, 15) is 0 Å². The first-order valence-corrected chi connectivity index (χ1v) is 6.06. The van der Waals surface area contributed by atoms with E-state index >= 15 is 0 Å². The Labute approximate surface area is 117 Å². The number of aliphatic imine (C=N–C) groups is 1. The molecule has 0 unspecified atom stereocenters. The molecule has 0 saturated heterocycles. The molecule has 0 saturated carbocycles. The SMILES string of the molecule is Cc1cccc(C(=N)OC(=Nc2ccccc2)NO)c1. The summed E-state index contributed by atoms with van der Waals surface area (Å²) in [5.41, 5.74) is 4.10. The summed E-state index contributed by atoms with van der Waals surface area (Å²) in [6.45, 7) is 1.93. The summed E-state index contributed by atoms with van der Waals surface area (Å²) in [5, 5.41) is 16.9. The lowest BCUT2D eigenvalue weighted by Crippen LogP contribution is -2.25. The lowest BCUT2D eigenvalue weighted by molar-refractivity contribution is 0.209. The Morgan fingerprint density at radius 1 is 1.15 bits per heavy atom. The van der Waals surface area contributed by atoms with E-state index in [1.807, 2.05) is 48.8 Å². The molecule has 102 valence electrons. The van der Waals surface area contributed by atoms with Crippen molar-refractivity contribution in [3.63, 3.8) is 0 Å². The maximum atomic E-state index is 9.04. The van der Waals surface area contributed by atoms with Gasteiger partial charge in [-0.05, 0) is 31.2 Å². The zero-order valence-electron chi connectivity index (χ0n) is 11.0. The van der Waals surface area contributed by atoms with Gasteiger partial charge < -0.3 is 4.74 Å². The summed E-state index contributed by atoms with van der Waals surface area (Å²) in [5.74, 6) is -0.0927. The Morgan fingerprint density at radius 2 is 1.90 bits per heavy atom. The van der Waals surface area contributed by atoms with Crippen LogP contribution in [0.4, 0.5) is 5.69 Å². The molecule has 2 rings (SSSR count). The van der Waals surface area contributed by atoms with Crippen molar-refractivity contribution in [1.82, 2.24) is 5.48 Å². The van der Waals surface area contributed by atoms with Crippen molar-refractivity contribution in [2.45, 2.75) is 6.92 Å². The highest BCUT2D eigenvalue weighted by molar-refractivity contribution is 5.99. The summed E-state index contributed by atoms with van der Waals surface area (Å²) >= 11 is 0. The Hall–Kier alpha value is -2.66. The number of ether oxygens (including phenoxy) is 1. The zero-order valence-corrected chi connectivity index (χ0v) is 11.0. The molecular formula is C15H15N3O2. The van der Waals surface area contributed by atoms with Crippen LogP contribution in [0.25, 0.3) is 0 Å². The third kappa shape index (κ3) is 3.66. The highest BCUT2D eigenvalue weighted by atomic mass is 16.6. The number of para-hydroxylation sites is 1. The zero-order chi connectivity index (χ0) is 14.4. The molecule has 5 nitrogen and oxygen atoms in total. The van der Waals surface area contributed by atoms with Gasteiger partial charge in [-0.25, -0.2) is 5.48 Å². The fraction of sp³-hybridized carbons (Fsp3) is 0.0667. The average molecular weight is 269 g/mol. The van der Waals surface area contributed by atoms with Gasteiger partial charge in [0, 0.05) is 5.56 Å². The Kier molecular flexibility index (Phi) is 4.47. The quantitative estimate of drug-likeness (QED) is 0.445. The molecule has 0 bridgehead atoms. The molecule has 0 aliphatic heterocycles. The highest BCUT2D eigenvalue weighted by Gasteiger charge is 2.07. The first kappa shape index (κ1) is 13.8. The number of hydrogen-bond donors (Lipinski definition) is 3. The summed E-state index contributed by atoms with van der Waals surface area (Å²) in [6, 6.07) is 16.2. The molecule has 0 radical (unpaired) electrons. The lowest BCUT2D eigenvalue weighted by Gasteiger charge is -2.08. The number of aryl methyl sites for hydroxylation is 1. The van der Waals surface area contributed by atoms with Gasteiger partial charge in [0.1, 0.15) is 0 Å². The molecule has 0 atom stereocenters. The van der Waals surface area contributed by atoms with Crippen molar-refractivity contribution in [1.29, 1.82) is 5.41 Å². The fourth-order valence-electron chi connectivity index (χ4n) is 1.63. The molecule has 5 heteroatoms. The van der Waals surface area contributed by atoms with Gasteiger partial charge in [0.25, 0.3) is 0 Å². The topological polar surface area (TPSA) is 77.7 Å². The predicted octanol–water partition coefficient (Wildman–Crippen LogP) is 3.00. The van der Waals surface area contributed by atoms with Crippen molar-refractivity contribution in [2.75, 3.05) is 0 Å². The van der Waals surface area contributed by atoms with E-state index in [4.69, 9.17) is 15.4 Å². The Balaban J connectivity index is 2.14. The lowest BCUT2D eigenvalue weighted by atomic mass is 10.1. The third-order valence-electron chi connectivity index (χ3n) is 2.56. The van der Waals surface area contributed by atoms with E-state index in [-0.39, 0.29) is 11.9 Å². The van der Waals surface area contributed by atoms with Crippen molar-refractivity contribution >= 4 is 17.6 Å². The van der Waals surface area contributed by atoms with Crippen LogP contribution in [0.2, 0.25) is 0 Å². The molecule has 0 spiro atoms. The van der Waals surface area contributed by atoms with E-state index in [0.717, 1.165) is 5.56 Å². The van der Waals surface area contributed by atoms with Crippen molar-refractivity contribution in [3.05, 3.63) is 65.7 Å². The van der Waals surface area contributed by atoms with Crippen LogP contribution in [0, 0.1) is 12.3 Å². The van der Waals surface area contributed by atoms with Crippen LogP contribution in [-0.4, -0.2) is 17.1 Å². The summed E-state index contributed by atoms with van der Waals surface area (Å²) in [7, 11) is 0. The maximum absolute atomic E-state index is 9.04. The average Bonchev–Trinajstić information content (AvgIpc) is 2.47. The minimum atomic E-state index is -0.150. The van der Waals surface area contributed by atoms with Crippen LogP contribution < -0.4 is 5.48 Å². The second-order valence-corrected chi connectivity index (χ2v) is 4.16. The third-order valence-corrected chi connectivity index (χ3v) is 2.56. The normalized spacial score (nSPS) is 11.0. The molecule has 3 N–H and O–H groups in total. The molecule has 0 amide bonds. The number of nitrogens with one attached hydrogen (secondary N) is 2. The van der Waals surface area contributed by atoms with Gasteiger partial charge in [-0.3, -0.25) is 10.6 Å². The van der Waals surface area contributed by atoms with Gasteiger partial charge in [-0.2, -0.15) is 4.99 Å². The van der Waals surface area contributed by atoms with Gasteiger partial charge in [0.05, 0.1) is 5.69 Å². The smallest absolute Gasteiger partial charge is 0.321 e. The largest absolute Gasteiger partial charge is 0.405 e. The first-order valence-electron chi connectivity index (χ1n) is 6.06. The number of benzene rings is 2. The van der Waals surface area contributed by atoms with E-state index in [1.54, 1.807) is 18.2 Å². The van der Waals surface area contributed by atoms with Gasteiger partial charge in [0.2, 0.25) is 5.90 Å². The minimum Gasteiger partial charge on any atom is -0.405 e. The molecule has 2 aromatic carbocycles. The van der Waals surface area contributed by atoms with E-state index in [0.29, 0.717) is 11.3 Å². The monoisotopic (exact) mass is 269 g/mol. The maximum Gasteiger partial charge on any atom is 0.321 e. The van der Waals surface area contributed by atoms with E-state index < -0.39 is 0 Å². The van der Waals surface area contributed by atoms with Crippen molar-refractivity contribution in [3.8, 4) is 0 Å². The molecule has 0 fully saturated rings. The number of amidine groups is 1. The number of rotatable bonds is 2. The predicted molar refractivity (Wildman–Crippen MR) is 77.6 cm³/mol. The molecule has 0 heterocycles. The minimum absolute atomic E-state index is 0.0927. The fourth-order valence-corrected chi connectivity index (χ4v) is 1.63. The van der Waals surface area contributed by atoms with Gasteiger partial charge >= 0.3 is 6.02 Å². The standard InChI is InChI=1S/C15H15N3O2/c1-11-6-5-7-12(10-11)14(16)20-15(18-19)17-13-8-3-2-4-9-13/h2-10,16,19H,1H3,(H,17,18). The number of hydrogen-bond acceptors (Lipinski definition) is 4. The molecule has 20 heavy (non-hydrogen) atoms. The van der Waals surface area contributed by atoms with Crippen LogP contribution in [-0.2, 0) is 4.74 Å². The molecule has 0 aliphatic rings. The second-order valence-electron chi connectivity index (χ2n) is 4.16.